The van der Waals surface area contributed by atoms with E-state index in [4.69, 9.17) is 0 Å². The monoisotopic (exact) mass is 518 g/mol. The van der Waals surface area contributed by atoms with E-state index < -0.39 is 0 Å². The van der Waals surface area contributed by atoms with Crippen LogP contribution in [0.25, 0.3) is 0 Å². The van der Waals surface area contributed by atoms with Gasteiger partial charge in [-0.3, -0.25) is 0 Å². The van der Waals surface area contributed by atoms with Gasteiger partial charge in [0, 0.05) is 0 Å². The molecule has 4 aliphatic rings. The highest BCUT2D eigenvalue weighted by atomic mass is 32.3. The fourth-order valence-corrected chi connectivity index (χ4v) is 16.9. The predicted molar refractivity (Wildman–Crippen MR) is 137 cm³/mol. The molecule has 0 aromatic rings. The summed E-state index contributed by atoms with van der Waals surface area (Å²) in [5.41, 5.74) is 0. The summed E-state index contributed by atoms with van der Waals surface area (Å²) >= 11 is 21.2. The number of thioether (sulfide) groups is 11. The standard InChI is InChI=1S/C13H10S11/c1-14-5-4-17-8(18-5)9-21-12-13(22-9)24-11(23-12)10-19-6(15-2)7(16-3)20-10/h4H,1-3H3. The van der Waals surface area contributed by atoms with Crippen molar-refractivity contribution in [1.82, 2.24) is 0 Å². The molecular formula is C13H10S11. The van der Waals surface area contributed by atoms with E-state index in [9.17, 15) is 0 Å². The Morgan fingerprint density at radius 2 is 1.00 bits per heavy atom. The van der Waals surface area contributed by atoms with E-state index in [1.807, 2.05) is 129 Å². The van der Waals surface area contributed by atoms with E-state index in [-0.39, 0.29) is 0 Å². The molecule has 128 valence electrons. The van der Waals surface area contributed by atoms with E-state index in [2.05, 4.69) is 24.2 Å². The normalized spacial score (nSPS) is 24.0. The van der Waals surface area contributed by atoms with Gasteiger partial charge in [0.2, 0.25) is 0 Å². The van der Waals surface area contributed by atoms with Crippen molar-refractivity contribution >= 4 is 129 Å². The van der Waals surface area contributed by atoms with Gasteiger partial charge in [-0.2, -0.15) is 0 Å². The third-order valence-electron chi connectivity index (χ3n) is 2.81. The Morgan fingerprint density at radius 1 is 0.542 bits per heavy atom. The van der Waals surface area contributed by atoms with Crippen LogP contribution in [0.1, 0.15) is 0 Å². The maximum Gasteiger partial charge on any atom is 0.0718 e. The summed E-state index contributed by atoms with van der Waals surface area (Å²) in [5.74, 6) is 0. The van der Waals surface area contributed by atoms with Crippen LogP contribution in [0.15, 0.2) is 43.5 Å². The summed E-state index contributed by atoms with van der Waals surface area (Å²) in [5, 5.41) is 2.28. The summed E-state index contributed by atoms with van der Waals surface area (Å²) in [4.78, 5) is 0. The third kappa shape index (κ3) is 4.11. The van der Waals surface area contributed by atoms with Gasteiger partial charge in [0.05, 0.1) is 38.1 Å². The zero-order chi connectivity index (χ0) is 16.7. The second-order valence-electron chi connectivity index (χ2n) is 4.18. The first-order valence-electron chi connectivity index (χ1n) is 6.42. The first-order valence-corrected chi connectivity index (χ1v) is 16.7. The quantitative estimate of drug-likeness (QED) is 0.350. The average molecular weight is 519 g/mol. The molecule has 0 atom stereocenters. The van der Waals surface area contributed by atoms with Crippen molar-refractivity contribution in [1.29, 1.82) is 0 Å². The van der Waals surface area contributed by atoms with Crippen LogP contribution in [0.4, 0.5) is 0 Å². The van der Waals surface area contributed by atoms with Crippen LogP contribution < -0.4 is 0 Å². The summed E-state index contributed by atoms with van der Waals surface area (Å²) in [6.45, 7) is 0. The average Bonchev–Trinajstić information content (AvgIpc) is 3.33. The zero-order valence-corrected chi connectivity index (χ0v) is 21.5. The maximum absolute atomic E-state index is 2.28. The van der Waals surface area contributed by atoms with Gasteiger partial charge in [-0.1, -0.05) is 94.1 Å². The van der Waals surface area contributed by atoms with E-state index in [0.717, 1.165) is 0 Å². The van der Waals surface area contributed by atoms with Crippen molar-refractivity contribution in [3.05, 3.63) is 43.5 Å². The van der Waals surface area contributed by atoms with E-state index in [1.165, 1.54) is 38.1 Å². The molecule has 0 spiro atoms. The van der Waals surface area contributed by atoms with Gasteiger partial charge in [-0.25, -0.2) is 0 Å². The Kier molecular flexibility index (Phi) is 7.38. The lowest BCUT2D eigenvalue weighted by molar-refractivity contribution is 2.30. The molecule has 0 aliphatic carbocycles. The summed E-state index contributed by atoms with van der Waals surface area (Å²) in [7, 11) is 0. The Bertz CT molecular complexity index is 699. The van der Waals surface area contributed by atoms with Gasteiger partial charge >= 0.3 is 0 Å². The molecule has 11 heteroatoms. The SMILES string of the molecule is CSC1=CSC(=C2SC3=C(S2)SC(=C2SC(SC)=C(SC)S2)S3)S1. The van der Waals surface area contributed by atoms with Crippen LogP contribution in [-0.4, -0.2) is 18.8 Å². The minimum absolute atomic E-state index is 1.41. The molecular weight excluding hydrogens is 509 g/mol. The van der Waals surface area contributed by atoms with Crippen LogP contribution >= 0.6 is 129 Å². The van der Waals surface area contributed by atoms with Gasteiger partial charge in [0.1, 0.15) is 0 Å². The smallest absolute Gasteiger partial charge is 0.0718 e. The van der Waals surface area contributed by atoms with Crippen molar-refractivity contribution in [3.63, 3.8) is 0 Å². The van der Waals surface area contributed by atoms with Crippen LogP contribution in [-0.2, 0) is 0 Å². The molecule has 0 nitrogen and oxygen atoms in total. The molecule has 4 heterocycles. The second-order valence-corrected chi connectivity index (χ2v) is 17.0. The molecule has 4 rings (SSSR count). The molecule has 0 N–H and O–H groups in total. The number of rotatable bonds is 3. The molecule has 0 fully saturated rings. The minimum Gasteiger partial charge on any atom is -0.122 e. The minimum atomic E-state index is 1.41. The molecule has 0 saturated carbocycles. The Hall–Kier alpha value is 2.55. The predicted octanol–water partition coefficient (Wildman–Crippen LogP) is 9.30. The lowest BCUT2D eigenvalue weighted by atomic mass is 11.2. The van der Waals surface area contributed by atoms with Gasteiger partial charge in [0.25, 0.3) is 0 Å². The molecule has 0 bridgehead atoms. The van der Waals surface area contributed by atoms with Crippen LogP contribution in [0.5, 0.6) is 0 Å². The topological polar surface area (TPSA) is 0 Å². The van der Waals surface area contributed by atoms with E-state index in [1.54, 1.807) is 0 Å². The lowest BCUT2D eigenvalue weighted by Crippen LogP contribution is -1.72. The highest BCUT2D eigenvalue weighted by Crippen LogP contribution is 2.72. The molecule has 0 aromatic heterocycles. The van der Waals surface area contributed by atoms with Crippen molar-refractivity contribution < 1.29 is 0 Å². The molecule has 24 heavy (non-hydrogen) atoms. The van der Waals surface area contributed by atoms with Gasteiger partial charge in [-0.05, 0) is 24.2 Å². The Morgan fingerprint density at radius 3 is 1.42 bits per heavy atom. The Labute approximate surface area is 189 Å². The Balaban J connectivity index is 1.43. The van der Waals surface area contributed by atoms with Gasteiger partial charge < -0.3 is 0 Å². The summed E-state index contributed by atoms with van der Waals surface area (Å²) in [6, 6.07) is 0. The van der Waals surface area contributed by atoms with Crippen molar-refractivity contribution in [2.45, 2.75) is 0 Å². The fraction of sp³-hybridized carbons (Fsp3) is 0.231. The van der Waals surface area contributed by atoms with Crippen LogP contribution in [0, 0.1) is 0 Å². The first-order chi connectivity index (χ1) is 11.7. The van der Waals surface area contributed by atoms with Crippen molar-refractivity contribution in [3.8, 4) is 0 Å². The molecule has 0 aromatic carbocycles. The number of hydrogen-bond donors (Lipinski definition) is 0. The van der Waals surface area contributed by atoms with Crippen LogP contribution in [0.2, 0.25) is 0 Å². The zero-order valence-electron chi connectivity index (χ0n) is 12.6. The third-order valence-corrected chi connectivity index (χ3v) is 18.3. The molecule has 0 amide bonds. The van der Waals surface area contributed by atoms with Crippen molar-refractivity contribution in [2.75, 3.05) is 18.8 Å². The number of hydrogen-bond acceptors (Lipinski definition) is 11. The van der Waals surface area contributed by atoms with Crippen LogP contribution in [0.3, 0.4) is 0 Å². The first kappa shape index (κ1) is 19.8. The highest BCUT2D eigenvalue weighted by Gasteiger charge is 2.36. The molecule has 0 unspecified atom stereocenters. The molecule has 0 saturated heterocycles. The maximum atomic E-state index is 2.28. The largest absolute Gasteiger partial charge is 0.122 e. The fourth-order valence-electron chi connectivity index (χ4n) is 1.78. The van der Waals surface area contributed by atoms with E-state index in [0.29, 0.717) is 0 Å². The molecule has 4 aliphatic heterocycles. The second kappa shape index (κ2) is 8.92. The summed E-state index contributed by atoms with van der Waals surface area (Å²) in [6.07, 6.45) is 6.51. The molecule has 0 radical (unpaired) electrons. The van der Waals surface area contributed by atoms with E-state index >= 15 is 0 Å². The lowest BCUT2D eigenvalue weighted by Gasteiger charge is -2.07. The highest BCUT2D eigenvalue weighted by molar-refractivity contribution is 8.50. The van der Waals surface area contributed by atoms with Gasteiger partial charge in [-0.15, -0.1) is 35.3 Å². The summed E-state index contributed by atoms with van der Waals surface area (Å²) < 4.78 is 13.2. The van der Waals surface area contributed by atoms with Gasteiger partial charge in [0.15, 0.2) is 0 Å². The van der Waals surface area contributed by atoms with Crippen molar-refractivity contribution in [2.24, 2.45) is 0 Å².